The fourth-order valence-corrected chi connectivity index (χ4v) is 3.89. The number of nitrogens with one attached hydrogen (secondary N) is 1. The first-order valence-electron chi connectivity index (χ1n) is 11.3. The minimum absolute atomic E-state index is 0.155. The lowest BCUT2D eigenvalue weighted by Crippen LogP contribution is -2.35. The number of amides is 1. The summed E-state index contributed by atoms with van der Waals surface area (Å²) in [5, 5.41) is 2.93. The summed E-state index contributed by atoms with van der Waals surface area (Å²) in [5.74, 6) is -0.795. The van der Waals surface area contributed by atoms with Crippen LogP contribution in [-0.2, 0) is 15.9 Å². The fraction of sp³-hybridized carbons (Fsp3) is 0.385. The largest absolute Gasteiger partial charge is 0.348 e. The van der Waals surface area contributed by atoms with E-state index in [9.17, 15) is 4.79 Å². The predicted molar refractivity (Wildman–Crippen MR) is 125 cm³/mol. The van der Waals surface area contributed by atoms with Crippen molar-refractivity contribution in [1.29, 1.82) is 0 Å². The predicted octanol–water partition coefficient (Wildman–Crippen LogP) is 4.76. The van der Waals surface area contributed by atoms with E-state index in [1.54, 1.807) is 17.1 Å². The average Bonchev–Trinajstić information content (AvgIpc) is 3.43. The number of aryl methyl sites for hydroxylation is 1. The minimum Gasteiger partial charge on any atom is -0.348 e. The SMILES string of the molecule is CCCCc1ccc(-c2ccc(-n3cncc3C(=O)NC[C@@H]3COC(C)(C)O3)cc2)cc1. The Morgan fingerprint density at radius 3 is 2.44 bits per heavy atom. The molecule has 0 spiro atoms. The number of aromatic nitrogens is 2. The van der Waals surface area contributed by atoms with Gasteiger partial charge < -0.3 is 14.8 Å². The number of carbonyl (C=O) groups is 1. The third kappa shape index (κ3) is 5.26. The Morgan fingerprint density at radius 1 is 1.12 bits per heavy atom. The van der Waals surface area contributed by atoms with Crippen LogP contribution in [0, 0.1) is 0 Å². The summed E-state index contributed by atoms with van der Waals surface area (Å²) < 4.78 is 13.1. The second-order valence-electron chi connectivity index (χ2n) is 8.66. The molecule has 0 saturated carbocycles. The third-order valence-corrected chi connectivity index (χ3v) is 5.68. The minimum atomic E-state index is -0.602. The highest BCUT2D eigenvalue weighted by Gasteiger charge is 2.32. The Bertz CT molecular complexity index is 1040. The molecule has 1 aliphatic heterocycles. The maximum Gasteiger partial charge on any atom is 0.270 e. The number of rotatable bonds is 8. The summed E-state index contributed by atoms with van der Waals surface area (Å²) in [6.45, 7) is 6.81. The van der Waals surface area contributed by atoms with Crippen LogP contribution in [0.1, 0.15) is 49.7 Å². The standard InChI is InChI=1S/C26H31N3O3/c1-4-5-6-19-7-9-20(10-8-19)21-11-13-22(14-12-21)29-18-27-16-24(29)25(30)28-15-23-17-31-26(2,3)32-23/h7-14,16,18,23H,4-6,15,17H2,1-3H3,(H,28,30)/t23-/m1/s1. The van der Waals surface area contributed by atoms with Crippen LogP contribution in [0.25, 0.3) is 16.8 Å². The van der Waals surface area contributed by atoms with E-state index < -0.39 is 5.79 Å². The van der Waals surface area contributed by atoms with Gasteiger partial charge in [-0.05, 0) is 55.5 Å². The molecule has 6 nitrogen and oxygen atoms in total. The Hall–Kier alpha value is -2.96. The summed E-state index contributed by atoms with van der Waals surface area (Å²) in [4.78, 5) is 16.9. The zero-order chi connectivity index (χ0) is 22.6. The van der Waals surface area contributed by atoms with Crippen LogP contribution in [0.2, 0.25) is 0 Å². The van der Waals surface area contributed by atoms with E-state index >= 15 is 0 Å². The molecule has 1 amide bonds. The number of imidazole rings is 1. The quantitative estimate of drug-likeness (QED) is 0.556. The molecule has 1 fully saturated rings. The van der Waals surface area contributed by atoms with Crippen LogP contribution in [0.3, 0.4) is 0 Å². The maximum atomic E-state index is 12.7. The van der Waals surface area contributed by atoms with Gasteiger partial charge in [-0.3, -0.25) is 9.36 Å². The van der Waals surface area contributed by atoms with Crippen molar-refractivity contribution in [1.82, 2.24) is 14.9 Å². The molecule has 1 aromatic heterocycles. The molecule has 2 heterocycles. The summed E-state index contributed by atoms with van der Waals surface area (Å²) in [5.41, 5.74) is 5.07. The molecule has 32 heavy (non-hydrogen) atoms. The molecule has 0 radical (unpaired) electrons. The van der Waals surface area contributed by atoms with Crippen molar-refractivity contribution in [3.8, 4) is 16.8 Å². The van der Waals surface area contributed by atoms with E-state index in [1.165, 1.54) is 24.0 Å². The zero-order valence-electron chi connectivity index (χ0n) is 19.0. The van der Waals surface area contributed by atoms with Gasteiger partial charge in [0.15, 0.2) is 5.79 Å². The van der Waals surface area contributed by atoms with E-state index in [2.05, 4.69) is 53.6 Å². The Balaban J connectivity index is 1.41. The van der Waals surface area contributed by atoms with Gasteiger partial charge in [-0.2, -0.15) is 0 Å². The van der Waals surface area contributed by atoms with Gasteiger partial charge in [-0.15, -0.1) is 0 Å². The summed E-state index contributed by atoms with van der Waals surface area (Å²) in [6, 6.07) is 16.9. The van der Waals surface area contributed by atoms with Gasteiger partial charge in [0.05, 0.1) is 19.1 Å². The van der Waals surface area contributed by atoms with Gasteiger partial charge in [0.25, 0.3) is 5.91 Å². The number of hydrogen-bond donors (Lipinski definition) is 1. The molecule has 2 aromatic carbocycles. The van der Waals surface area contributed by atoms with Crippen LogP contribution in [-0.4, -0.2) is 40.5 Å². The van der Waals surface area contributed by atoms with E-state index in [0.717, 1.165) is 17.7 Å². The smallest absolute Gasteiger partial charge is 0.270 e. The number of nitrogens with zero attached hydrogens (tertiary/aromatic N) is 2. The van der Waals surface area contributed by atoms with Gasteiger partial charge in [-0.25, -0.2) is 4.98 Å². The first-order valence-corrected chi connectivity index (χ1v) is 11.3. The van der Waals surface area contributed by atoms with Gasteiger partial charge in [0, 0.05) is 12.2 Å². The number of unbranched alkanes of at least 4 members (excludes halogenated alkanes) is 1. The van der Waals surface area contributed by atoms with Gasteiger partial charge in [0.2, 0.25) is 0 Å². The lowest BCUT2D eigenvalue weighted by atomic mass is 10.0. The van der Waals surface area contributed by atoms with Crippen LogP contribution in [0.4, 0.5) is 0 Å². The molecule has 3 aromatic rings. The first kappa shape index (κ1) is 22.2. The highest BCUT2D eigenvalue weighted by atomic mass is 16.7. The molecule has 1 N–H and O–H groups in total. The molecule has 6 heteroatoms. The topological polar surface area (TPSA) is 65.4 Å². The molecule has 4 rings (SSSR count). The summed E-state index contributed by atoms with van der Waals surface area (Å²) in [7, 11) is 0. The van der Waals surface area contributed by atoms with E-state index in [4.69, 9.17) is 9.47 Å². The van der Waals surface area contributed by atoms with Gasteiger partial charge in [-0.1, -0.05) is 49.7 Å². The molecule has 1 aliphatic rings. The zero-order valence-corrected chi connectivity index (χ0v) is 19.0. The van der Waals surface area contributed by atoms with Crippen molar-refractivity contribution in [2.75, 3.05) is 13.2 Å². The second-order valence-corrected chi connectivity index (χ2v) is 8.66. The maximum absolute atomic E-state index is 12.7. The number of ether oxygens (including phenoxy) is 2. The second kappa shape index (κ2) is 9.67. The van der Waals surface area contributed by atoms with E-state index in [1.807, 2.05) is 26.0 Å². The van der Waals surface area contributed by atoms with Crippen LogP contribution >= 0.6 is 0 Å². The lowest BCUT2D eigenvalue weighted by Gasteiger charge is -2.17. The van der Waals surface area contributed by atoms with Crippen molar-refractivity contribution in [3.05, 3.63) is 72.3 Å². The van der Waals surface area contributed by atoms with Crippen LogP contribution in [0.5, 0.6) is 0 Å². The van der Waals surface area contributed by atoms with Gasteiger partial charge >= 0.3 is 0 Å². The van der Waals surface area contributed by atoms with E-state index in [0.29, 0.717) is 18.8 Å². The summed E-state index contributed by atoms with van der Waals surface area (Å²) >= 11 is 0. The molecule has 0 unspecified atom stereocenters. The molecule has 1 saturated heterocycles. The number of benzene rings is 2. The molecule has 0 bridgehead atoms. The summed E-state index contributed by atoms with van der Waals surface area (Å²) in [6.07, 6.45) is 6.63. The number of hydrogen-bond acceptors (Lipinski definition) is 4. The normalized spacial score (nSPS) is 17.4. The van der Waals surface area contributed by atoms with Crippen LogP contribution in [0.15, 0.2) is 61.1 Å². The van der Waals surface area contributed by atoms with Crippen molar-refractivity contribution < 1.29 is 14.3 Å². The first-order chi connectivity index (χ1) is 15.4. The van der Waals surface area contributed by atoms with Gasteiger partial charge in [0.1, 0.15) is 11.8 Å². The van der Waals surface area contributed by atoms with Crippen LogP contribution < -0.4 is 5.32 Å². The Labute approximate surface area is 189 Å². The highest BCUT2D eigenvalue weighted by molar-refractivity contribution is 5.93. The monoisotopic (exact) mass is 433 g/mol. The molecule has 0 aliphatic carbocycles. The van der Waals surface area contributed by atoms with Crippen molar-refractivity contribution >= 4 is 5.91 Å². The van der Waals surface area contributed by atoms with Crippen molar-refractivity contribution in [2.24, 2.45) is 0 Å². The molecular weight excluding hydrogens is 402 g/mol. The molecular formula is C26H31N3O3. The highest BCUT2D eigenvalue weighted by Crippen LogP contribution is 2.23. The fourth-order valence-electron chi connectivity index (χ4n) is 3.89. The lowest BCUT2D eigenvalue weighted by molar-refractivity contribution is -0.137. The number of carbonyl (C=O) groups excluding carboxylic acids is 1. The van der Waals surface area contributed by atoms with E-state index in [-0.39, 0.29) is 12.0 Å². The Kier molecular flexibility index (Phi) is 6.72. The van der Waals surface area contributed by atoms with Crippen molar-refractivity contribution in [2.45, 2.75) is 51.9 Å². The average molecular weight is 434 g/mol. The molecule has 168 valence electrons. The van der Waals surface area contributed by atoms with Crippen molar-refractivity contribution in [3.63, 3.8) is 0 Å². The molecule has 1 atom stereocenters. The Morgan fingerprint density at radius 2 is 1.81 bits per heavy atom. The third-order valence-electron chi connectivity index (χ3n) is 5.68.